The molecule has 2 heterocycles. The Bertz CT molecular complexity index is 603. The van der Waals surface area contributed by atoms with Crippen LogP contribution in [0.15, 0.2) is 41.7 Å². The minimum Gasteiger partial charge on any atom is -0.342 e. The highest BCUT2D eigenvalue weighted by molar-refractivity contribution is 7.99. The number of nitrogens with zero attached hydrogens (tertiary/aromatic N) is 2. The van der Waals surface area contributed by atoms with Crippen LogP contribution in [0.1, 0.15) is 25.7 Å². The molecule has 0 bridgehead atoms. The van der Waals surface area contributed by atoms with Crippen LogP contribution in [-0.4, -0.2) is 39.6 Å². The van der Waals surface area contributed by atoms with Gasteiger partial charge in [0, 0.05) is 13.1 Å². The Balaban J connectivity index is 1.55. The summed E-state index contributed by atoms with van der Waals surface area (Å²) >= 11 is 1.49. The molecule has 1 saturated heterocycles. The summed E-state index contributed by atoms with van der Waals surface area (Å²) in [5.41, 5.74) is 2.10. The van der Waals surface area contributed by atoms with Crippen molar-refractivity contribution in [2.45, 2.75) is 30.8 Å². The van der Waals surface area contributed by atoms with E-state index in [1.807, 2.05) is 41.4 Å². The summed E-state index contributed by atoms with van der Waals surface area (Å²) in [5, 5.41) is 0.807. The van der Waals surface area contributed by atoms with Crippen molar-refractivity contribution in [2.24, 2.45) is 0 Å². The van der Waals surface area contributed by atoms with Crippen LogP contribution in [-0.2, 0) is 4.79 Å². The van der Waals surface area contributed by atoms with Gasteiger partial charge >= 0.3 is 0 Å². The Morgan fingerprint density at radius 1 is 1.14 bits per heavy atom. The van der Waals surface area contributed by atoms with Crippen LogP contribution in [0.3, 0.4) is 0 Å². The van der Waals surface area contributed by atoms with Gasteiger partial charge in [0.2, 0.25) is 5.91 Å². The van der Waals surface area contributed by atoms with Gasteiger partial charge in [-0.1, -0.05) is 54.9 Å². The molecule has 1 amide bonds. The normalized spacial score (nSPS) is 15.5. The number of aromatic amines is 1. The van der Waals surface area contributed by atoms with Crippen molar-refractivity contribution >= 4 is 17.7 Å². The van der Waals surface area contributed by atoms with Crippen molar-refractivity contribution in [2.75, 3.05) is 18.8 Å². The molecule has 0 unspecified atom stereocenters. The number of nitrogens with one attached hydrogen (secondary N) is 1. The predicted molar refractivity (Wildman–Crippen MR) is 89.8 cm³/mol. The second-order valence-corrected chi connectivity index (χ2v) is 6.52. The summed E-state index contributed by atoms with van der Waals surface area (Å²) in [4.78, 5) is 21.9. The first-order valence-electron chi connectivity index (χ1n) is 7.84. The highest BCUT2D eigenvalue weighted by atomic mass is 32.2. The van der Waals surface area contributed by atoms with Gasteiger partial charge in [-0.3, -0.25) is 4.79 Å². The van der Waals surface area contributed by atoms with Gasteiger partial charge in [0.15, 0.2) is 5.16 Å². The number of benzene rings is 1. The molecule has 1 aromatic carbocycles. The summed E-state index contributed by atoms with van der Waals surface area (Å²) in [6.45, 7) is 1.82. The average Bonchev–Trinajstić information content (AvgIpc) is 2.87. The number of hydrogen-bond acceptors (Lipinski definition) is 3. The lowest BCUT2D eigenvalue weighted by atomic mass is 10.2. The first kappa shape index (κ1) is 15.2. The fourth-order valence-corrected chi connectivity index (χ4v) is 3.43. The molecule has 0 saturated carbocycles. The van der Waals surface area contributed by atoms with Crippen LogP contribution < -0.4 is 0 Å². The van der Waals surface area contributed by atoms with Crippen molar-refractivity contribution in [1.29, 1.82) is 0 Å². The highest BCUT2D eigenvalue weighted by Crippen LogP contribution is 2.21. The van der Waals surface area contributed by atoms with Gasteiger partial charge in [0.25, 0.3) is 0 Å². The van der Waals surface area contributed by atoms with Gasteiger partial charge in [-0.05, 0) is 18.4 Å². The van der Waals surface area contributed by atoms with Crippen molar-refractivity contribution in [1.82, 2.24) is 14.9 Å². The molecule has 1 aliphatic heterocycles. The summed E-state index contributed by atoms with van der Waals surface area (Å²) < 4.78 is 0. The molecule has 5 heteroatoms. The molecule has 1 fully saturated rings. The van der Waals surface area contributed by atoms with Gasteiger partial charge < -0.3 is 9.88 Å². The lowest BCUT2D eigenvalue weighted by Gasteiger charge is -2.19. The molecule has 116 valence electrons. The number of likely N-dealkylation sites (tertiary alicyclic amines) is 1. The van der Waals surface area contributed by atoms with Crippen LogP contribution in [0.4, 0.5) is 0 Å². The number of carbonyl (C=O) groups is 1. The molecule has 1 aliphatic rings. The molecule has 0 atom stereocenters. The van der Waals surface area contributed by atoms with Crippen LogP contribution in [0.2, 0.25) is 0 Å². The third-order valence-electron chi connectivity index (χ3n) is 3.93. The SMILES string of the molecule is O=C(CSc1ncc(-c2ccccc2)[nH]1)N1CCCCCC1. The maximum atomic E-state index is 12.3. The maximum absolute atomic E-state index is 12.3. The van der Waals surface area contributed by atoms with Crippen molar-refractivity contribution < 1.29 is 4.79 Å². The van der Waals surface area contributed by atoms with Gasteiger partial charge in [-0.2, -0.15) is 0 Å². The van der Waals surface area contributed by atoms with E-state index in [2.05, 4.69) is 9.97 Å². The van der Waals surface area contributed by atoms with Crippen LogP contribution in [0, 0.1) is 0 Å². The molecule has 0 aliphatic carbocycles. The summed E-state index contributed by atoms with van der Waals surface area (Å²) in [7, 11) is 0. The molecule has 0 spiro atoms. The minimum atomic E-state index is 0.226. The predicted octanol–water partition coefficient (Wildman–Crippen LogP) is 3.57. The van der Waals surface area contributed by atoms with Gasteiger partial charge in [-0.15, -0.1) is 0 Å². The zero-order valence-corrected chi connectivity index (χ0v) is 13.4. The Morgan fingerprint density at radius 3 is 2.59 bits per heavy atom. The Kier molecular flexibility index (Phi) is 5.16. The van der Waals surface area contributed by atoms with E-state index in [1.165, 1.54) is 24.6 Å². The topological polar surface area (TPSA) is 49.0 Å². The van der Waals surface area contributed by atoms with Crippen LogP contribution >= 0.6 is 11.8 Å². The Morgan fingerprint density at radius 2 is 1.86 bits per heavy atom. The number of amides is 1. The number of carbonyl (C=O) groups excluding carboxylic acids is 1. The summed E-state index contributed by atoms with van der Waals surface area (Å²) in [6, 6.07) is 10.1. The monoisotopic (exact) mass is 315 g/mol. The minimum absolute atomic E-state index is 0.226. The second-order valence-electron chi connectivity index (χ2n) is 5.55. The molecule has 22 heavy (non-hydrogen) atoms. The Labute approximate surface area is 135 Å². The van der Waals surface area contributed by atoms with E-state index in [9.17, 15) is 4.79 Å². The van der Waals surface area contributed by atoms with Crippen molar-refractivity contribution in [3.8, 4) is 11.3 Å². The molecular formula is C17H21N3OS. The number of thioether (sulfide) groups is 1. The standard InChI is InChI=1S/C17H21N3OS/c21-16(20-10-6-1-2-7-11-20)13-22-17-18-12-15(19-17)14-8-4-3-5-9-14/h3-5,8-9,12H,1-2,6-7,10-11,13H2,(H,18,19). The molecular weight excluding hydrogens is 294 g/mol. The fraction of sp³-hybridized carbons (Fsp3) is 0.412. The molecule has 2 aromatic rings. The second kappa shape index (κ2) is 7.49. The largest absolute Gasteiger partial charge is 0.342 e. The zero-order valence-electron chi connectivity index (χ0n) is 12.6. The zero-order chi connectivity index (χ0) is 15.2. The summed E-state index contributed by atoms with van der Waals surface area (Å²) in [6.07, 6.45) is 6.59. The van der Waals surface area contributed by atoms with E-state index >= 15 is 0 Å². The van der Waals surface area contributed by atoms with Gasteiger partial charge in [0.05, 0.1) is 17.6 Å². The number of aromatic nitrogens is 2. The van der Waals surface area contributed by atoms with E-state index in [1.54, 1.807) is 0 Å². The number of imidazole rings is 1. The van der Waals surface area contributed by atoms with Crippen LogP contribution in [0.5, 0.6) is 0 Å². The van der Waals surface area contributed by atoms with E-state index < -0.39 is 0 Å². The average molecular weight is 315 g/mol. The lowest BCUT2D eigenvalue weighted by molar-refractivity contribution is -0.128. The number of hydrogen-bond donors (Lipinski definition) is 1. The van der Waals surface area contributed by atoms with Crippen molar-refractivity contribution in [3.05, 3.63) is 36.5 Å². The highest BCUT2D eigenvalue weighted by Gasteiger charge is 2.16. The lowest BCUT2D eigenvalue weighted by Crippen LogP contribution is -2.33. The molecule has 4 nitrogen and oxygen atoms in total. The van der Waals surface area contributed by atoms with E-state index in [0.717, 1.165) is 42.3 Å². The quantitative estimate of drug-likeness (QED) is 0.878. The third-order valence-corrected chi connectivity index (χ3v) is 4.80. The van der Waals surface area contributed by atoms with Gasteiger partial charge in [-0.25, -0.2) is 4.98 Å². The van der Waals surface area contributed by atoms with Crippen molar-refractivity contribution in [3.63, 3.8) is 0 Å². The van der Waals surface area contributed by atoms with Crippen LogP contribution in [0.25, 0.3) is 11.3 Å². The maximum Gasteiger partial charge on any atom is 0.233 e. The Hall–Kier alpha value is -1.75. The molecule has 1 aromatic heterocycles. The van der Waals surface area contributed by atoms with E-state index in [-0.39, 0.29) is 5.91 Å². The number of H-pyrrole nitrogens is 1. The third kappa shape index (κ3) is 3.91. The smallest absolute Gasteiger partial charge is 0.233 e. The first-order valence-corrected chi connectivity index (χ1v) is 8.82. The van der Waals surface area contributed by atoms with E-state index in [4.69, 9.17) is 0 Å². The summed E-state index contributed by atoms with van der Waals surface area (Å²) in [5.74, 6) is 0.687. The first-order chi connectivity index (χ1) is 10.8. The molecule has 1 N–H and O–H groups in total. The number of rotatable bonds is 4. The molecule has 0 radical (unpaired) electrons. The molecule has 3 rings (SSSR count). The van der Waals surface area contributed by atoms with E-state index in [0.29, 0.717) is 5.75 Å². The fourth-order valence-electron chi connectivity index (χ4n) is 2.68. The van der Waals surface area contributed by atoms with Gasteiger partial charge in [0.1, 0.15) is 0 Å².